The number of nitrogens with zero attached hydrogens (tertiary/aromatic N) is 2. The molecule has 0 radical (unpaired) electrons. The monoisotopic (exact) mass is 352 g/mol. The summed E-state index contributed by atoms with van der Waals surface area (Å²) < 4.78 is 11.3. The molecule has 3 heterocycles. The minimum Gasteiger partial charge on any atom is -0.438 e. The van der Waals surface area contributed by atoms with Crippen LogP contribution < -0.4 is 10.4 Å². The van der Waals surface area contributed by atoms with Crippen molar-refractivity contribution in [2.45, 2.75) is 27.7 Å². The quantitative estimate of drug-likeness (QED) is 0.484. The van der Waals surface area contributed by atoms with Crippen LogP contribution in [0.3, 0.4) is 0 Å². The Labute approximate surface area is 147 Å². The van der Waals surface area contributed by atoms with E-state index in [9.17, 15) is 4.79 Å². The standard InChI is InChI=1S/C19H16N2O3S/c1-9-7-16(22)24-15-8-13(5-6-14(9)15)23-18-17-10(2)11(3)25-19(17)21-12(4)20-18/h5-8H,1-4H3. The second kappa shape index (κ2) is 5.67. The lowest BCUT2D eigenvalue weighted by Gasteiger charge is -2.08. The summed E-state index contributed by atoms with van der Waals surface area (Å²) in [4.78, 5) is 22.7. The van der Waals surface area contributed by atoms with Gasteiger partial charge in [-0.1, -0.05) is 0 Å². The van der Waals surface area contributed by atoms with Crippen LogP contribution in [0, 0.1) is 27.7 Å². The number of hydrogen-bond donors (Lipinski definition) is 0. The molecule has 0 atom stereocenters. The Morgan fingerprint density at radius 2 is 1.88 bits per heavy atom. The summed E-state index contributed by atoms with van der Waals surface area (Å²) in [7, 11) is 0. The molecule has 0 saturated heterocycles. The third kappa shape index (κ3) is 2.68. The maximum Gasteiger partial charge on any atom is 0.336 e. The minimum absolute atomic E-state index is 0.369. The number of rotatable bonds is 2. The lowest BCUT2D eigenvalue weighted by Crippen LogP contribution is -1.98. The zero-order valence-electron chi connectivity index (χ0n) is 14.3. The maximum atomic E-state index is 11.6. The van der Waals surface area contributed by atoms with Gasteiger partial charge < -0.3 is 9.15 Å². The van der Waals surface area contributed by atoms with Crippen LogP contribution in [0.15, 0.2) is 33.5 Å². The van der Waals surface area contributed by atoms with Gasteiger partial charge in [0.2, 0.25) is 5.88 Å². The van der Waals surface area contributed by atoms with E-state index >= 15 is 0 Å². The van der Waals surface area contributed by atoms with E-state index in [1.54, 1.807) is 17.4 Å². The van der Waals surface area contributed by atoms with E-state index in [-0.39, 0.29) is 5.63 Å². The molecule has 0 aliphatic rings. The van der Waals surface area contributed by atoms with Crippen molar-refractivity contribution in [3.8, 4) is 11.6 Å². The molecule has 0 bridgehead atoms. The number of ether oxygens (including phenoxy) is 1. The van der Waals surface area contributed by atoms with Crippen molar-refractivity contribution in [3.05, 3.63) is 56.5 Å². The molecule has 6 heteroatoms. The van der Waals surface area contributed by atoms with Crippen LogP contribution in [-0.2, 0) is 0 Å². The van der Waals surface area contributed by atoms with E-state index < -0.39 is 0 Å². The van der Waals surface area contributed by atoms with Crippen LogP contribution in [0.1, 0.15) is 21.8 Å². The van der Waals surface area contributed by atoms with Gasteiger partial charge in [0.15, 0.2) is 0 Å². The average Bonchev–Trinajstić information content (AvgIpc) is 2.81. The van der Waals surface area contributed by atoms with E-state index in [1.807, 2.05) is 32.9 Å². The molecule has 0 unspecified atom stereocenters. The van der Waals surface area contributed by atoms with Crippen molar-refractivity contribution >= 4 is 32.5 Å². The molecule has 0 aliphatic carbocycles. The molecule has 0 N–H and O–H groups in total. The molecule has 0 fully saturated rings. The Balaban J connectivity index is 1.86. The van der Waals surface area contributed by atoms with Gasteiger partial charge >= 0.3 is 5.63 Å². The smallest absolute Gasteiger partial charge is 0.336 e. The van der Waals surface area contributed by atoms with Crippen molar-refractivity contribution < 1.29 is 9.15 Å². The van der Waals surface area contributed by atoms with Crippen molar-refractivity contribution in [2.75, 3.05) is 0 Å². The summed E-state index contributed by atoms with van der Waals surface area (Å²) in [5, 5.41) is 1.82. The molecule has 1 aromatic carbocycles. The van der Waals surface area contributed by atoms with Crippen molar-refractivity contribution in [2.24, 2.45) is 0 Å². The van der Waals surface area contributed by atoms with E-state index in [1.165, 1.54) is 10.9 Å². The molecule has 0 amide bonds. The van der Waals surface area contributed by atoms with Gasteiger partial charge in [-0.3, -0.25) is 0 Å². The fraction of sp³-hybridized carbons (Fsp3) is 0.211. The first-order valence-electron chi connectivity index (χ1n) is 7.89. The fourth-order valence-corrected chi connectivity index (χ4v) is 3.93. The fourth-order valence-electron chi connectivity index (χ4n) is 2.87. The molecule has 0 saturated carbocycles. The number of fused-ring (bicyclic) bond motifs is 2. The molecular formula is C19H16N2O3S. The highest BCUT2D eigenvalue weighted by molar-refractivity contribution is 7.18. The summed E-state index contributed by atoms with van der Waals surface area (Å²) in [6, 6.07) is 6.95. The SMILES string of the molecule is Cc1nc(Oc2ccc3c(C)cc(=O)oc3c2)c2c(C)c(C)sc2n1. The van der Waals surface area contributed by atoms with Crippen molar-refractivity contribution in [1.82, 2.24) is 9.97 Å². The van der Waals surface area contributed by atoms with Crippen molar-refractivity contribution in [3.63, 3.8) is 0 Å². The minimum atomic E-state index is -0.369. The van der Waals surface area contributed by atoms with E-state index in [0.29, 0.717) is 23.0 Å². The molecule has 3 aromatic heterocycles. The zero-order chi connectivity index (χ0) is 17.7. The van der Waals surface area contributed by atoms with E-state index in [0.717, 1.165) is 26.7 Å². The lowest BCUT2D eigenvalue weighted by atomic mass is 10.1. The Bertz CT molecular complexity index is 1190. The Kier molecular flexibility index (Phi) is 3.58. The van der Waals surface area contributed by atoms with Crippen LogP contribution in [0.25, 0.3) is 21.2 Å². The highest BCUT2D eigenvalue weighted by Crippen LogP contribution is 2.36. The second-order valence-corrected chi connectivity index (χ2v) is 7.25. The number of thiophene rings is 1. The Hall–Kier alpha value is -2.73. The van der Waals surface area contributed by atoms with E-state index in [4.69, 9.17) is 9.15 Å². The molecule has 4 rings (SSSR count). The summed E-state index contributed by atoms with van der Waals surface area (Å²) in [6.45, 7) is 7.84. The third-order valence-electron chi connectivity index (χ3n) is 4.24. The third-order valence-corrected chi connectivity index (χ3v) is 5.35. The van der Waals surface area contributed by atoms with Crippen molar-refractivity contribution in [1.29, 1.82) is 0 Å². The molecule has 0 spiro atoms. The van der Waals surface area contributed by atoms with Crippen LogP contribution in [-0.4, -0.2) is 9.97 Å². The molecule has 4 aromatic rings. The first-order chi connectivity index (χ1) is 11.9. The van der Waals surface area contributed by atoms with Crippen LogP contribution in [0.5, 0.6) is 11.6 Å². The summed E-state index contributed by atoms with van der Waals surface area (Å²) in [6.07, 6.45) is 0. The first-order valence-corrected chi connectivity index (χ1v) is 8.71. The predicted molar refractivity (Wildman–Crippen MR) is 98.9 cm³/mol. The van der Waals surface area contributed by atoms with Gasteiger partial charge in [0.05, 0.1) is 5.39 Å². The average molecular weight is 352 g/mol. The molecule has 126 valence electrons. The zero-order valence-corrected chi connectivity index (χ0v) is 15.2. The summed E-state index contributed by atoms with van der Waals surface area (Å²) in [5.41, 5.74) is 2.13. The van der Waals surface area contributed by atoms with Gasteiger partial charge in [0.25, 0.3) is 0 Å². The van der Waals surface area contributed by atoms with E-state index in [2.05, 4.69) is 16.9 Å². The van der Waals surface area contributed by atoms with Gasteiger partial charge in [0, 0.05) is 22.4 Å². The predicted octanol–water partition coefficient (Wildman–Crippen LogP) is 4.82. The Morgan fingerprint density at radius 3 is 2.68 bits per heavy atom. The largest absolute Gasteiger partial charge is 0.438 e. The van der Waals surface area contributed by atoms with Gasteiger partial charge in [-0.25, -0.2) is 9.78 Å². The lowest BCUT2D eigenvalue weighted by molar-refractivity contribution is 0.465. The van der Waals surface area contributed by atoms with Gasteiger partial charge in [0.1, 0.15) is 22.0 Å². The summed E-state index contributed by atoms with van der Waals surface area (Å²) in [5.74, 6) is 1.76. The van der Waals surface area contributed by atoms with Crippen LogP contribution in [0.4, 0.5) is 0 Å². The summed E-state index contributed by atoms with van der Waals surface area (Å²) >= 11 is 1.63. The highest BCUT2D eigenvalue weighted by Gasteiger charge is 2.15. The normalized spacial score (nSPS) is 11.4. The number of hydrogen-bond acceptors (Lipinski definition) is 6. The first kappa shape index (κ1) is 15.8. The molecular weight excluding hydrogens is 336 g/mol. The van der Waals surface area contributed by atoms with Crippen LogP contribution >= 0.6 is 11.3 Å². The van der Waals surface area contributed by atoms with Crippen LogP contribution in [0.2, 0.25) is 0 Å². The van der Waals surface area contributed by atoms with Gasteiger partial charge in [-0.05, 0) is 51.0 Å². The second-order valence-electron chi connectivity index (χ2n) is 6.05. The van der Waals surface area contributed by atoms with Gasteiger partial charge in [-0.2, -0.15) is 4.98 Å². The number of aryl methyl sites for hydroxylation is 4. The maximum absolute atomic E-state index is 11.6. The number of benzene rings is 1. The highest BCUT2D eigenvalue weighted by atomic mass is 32.1. The topological polar surface area (TPSA) is 65.2 Å². The molecule has 5 nitrogen and oxygen atoms in total. The Morgan fingerprint density at radius 1 is 1.08 bits per heavy atom. The molecule has 0 aliphatic heterocycles. The van der Waals surface area contributed by atoms with Gasteiger partial charge in [-0.15, -0.1) is 11.3 Å². The number of aromatic nitrogens is 2. The molecule has 25 heavy (non-hydrogen) atoms.